The van der Waals surface area contributed by atoms with E-state index in [9.17, 15) is 9.18 Å². The van der Waals surface area contributed by atoms with Gasteiger partial charge in [0.25, 0.3) is 5.91 Å². The Balaban J connectivity index is 2.23. The Morgan fingerprint density at radius 3 is 2.84 bits per heavy atom. The van der Waals surface area contributed by atoms with Crippen molar-refractivity contribution in [2.24, 2.45) is 5.84 Å². The number of rotatable bonds is 3. The Labute approximate surface area is 117 Å². The van der Waals surface area contributed by atoms with Crippen LogP contribution in [0.15, 0.2) is 41.1 Å². The Bertz CT molecular complexity index is 620. The summed E-state index contributed by atoms with van der Waals surface area (Å²) in [6, 6.07) is 5.77. The van der Waals surface area contributed by atoms with Gasteiger partial charge in [0.15, 0.2) is 0 Å². The predicted molar refractivity (Wildman–Crippen MR) is 74.1 cm³/mol. The number of nitrogens with one attached hydrogen (secondary N) is 2. The number of hydrogen-bond acceptors (Lipinski definition) is 4. The molecule has 1 aromatic carbocycles. The van der Waals surface area contributed by atoms with Crippen molar-refractivity contribution in [3.05, 3.63) is 52.5 Å². The molecular weight excluding hydrogens is 315 g/mol. The number of aromatic nitrogens is 1. The van der Waals surface area contributed by atoms with Gasteiger partial charge in [-0.1, -0.05) is 0 Å². The second-order valence-corrected chi connectivity index (χ2v) is 4.50. The summed E-state index contributed by atoms with van der Waals surface area (Å²) in [4.78, 5) is 15.9. The number of carbonyl (C=O) groups is 1. The Kier molecular flexibility index (Phi) is 4.08. The number of benzene rings is 1. The minimum Gasteiger partial charge on any atom is -0.323 e. The summed E-state index contributed by atoms with van der Waals surface area (Å²) in [5, 5.41) is 2.63. The molecule has 0 saturated heterocycles. The molecule has 2 aromatic rings. The smallest absolute Gasteiger partial charge is 0.259 e. The first-order chi connectivity index (χ1) is 9.11. The topological polar surface area (TPSA) is 80.0 Å². The minimum atomic E-state index is -0.399. The van der Waals surface area contributed by atoms with Crippen molar-refractivity contribution in [3.8, 4) is 0 Å². The molecule has 0 aliphatic carbocycles. The summed E-state index contributed by atoms with van der Waals surface area (Å²) in [6.07, 6.45) is 2.91. The van der Waals surface area contributed by atoms with Gasteiger partial charge in [-0.05, 0) is 40.2 Å². The third kappa shape index (κ3) is 3.07. The van der Waals surface area contributed by atoms with Crippen LogP contribution in [0.2, 0.25) is 0 Å². The van der Waals surface area contributed by atoms with Gasteiger partial charge in [-0.2, -0.15) is 0 Å². The van der Waals surface area contributed by atoms with Crippen LogP contribution in [0.5, 0.6) is 0 Å². The minimum absolute atomic E-state index is 0.272. The van der Waals surface area contributed by atoms with Gasteiger partial charge in [-0.15, -0.1) is 0 Å². The maximum absolute atomic E-state index is 13.1. The second kappa shape index (κ2) is 5.77. The van der Waals surface area contributed by atoms with Crippen LogP contribution in [0, 0.1) is 5.82 Å². The molecule has 1 amide bonds. The monoisotopic (exact) mass is 324 g/mol. The normalized spacial score (nSPS) is 10.1. The average Bonchev–Trinajstić information content (AvgIpc) is 2.43. The molecule has 4 N–H and O–H groups in total. The first-order valence-corrected chi connectivity index (χ1v) is 6.08. The maximum atomic E-state index is 13.1. The van der Waals surface area contributed by atoms with Crippen LogP contribution in [0.1, 0.15) is 10.4 Å². The van der Waals surface area contributed by atoms with Crippen LogP contribution in [0.25, 0.3) is 0 Å². The summed E-state index contributed by atoms with van der Waals surface area (Å²) < 4.78 is 13.4. The van der Waals surface area contributed by atoms with Crippen LogP contribution < -0.4 is 16.6 Å². The third-order valence-corrected chi connectivity index (χ3v) is 3.01. The lowest BCUT2D eigenvalue weighted by atomic mass is 10.2. The molecule has 0 radical (unpaired) electrons. The number of nitrogens with zero attached hydrogens (tertiary/aromatic N) is 1. The number of pyridine rings is 1. The van der Waals surface area contributed by atoms with Crippen molar-refractivity contribution < 1.29 is 9.18 Å². The van der Waals surface area contributed by atoms with E-state index in [1.54, 1.807) is 6.07 Å². The fourth-order valence-electron chi connectivity index (χ4n) is 1.47. The molecule has 0 aliphatic heterocycles. The molecule has 1 heterocycles. The van der Waals surface area contributed by atoms with E-state index in [2.05, 4.69) is 31.7 Å². The molecule has 19 heavy (non-hydrogen) atoms. The fourth-order valence-corrected chi connectivity index (χ4v) is 1.85. The molecule has 1 aromatic heterocycles. The van der Waals surface area contributed by atoms with Crippen LogP contribution in [-0.2, 0) is 0 Å². The molecule has 0 atom stereocenters. The van der Waals surface area contributed by atoms with E-state index >= 15 is 0 Å². The summed E-state index contributed by atoms with van der Waals surface area (Å²) >= 11 is 3.05. The number of carbonyl (C=O) groups excluding carboxylic acids is 1. The van der Waals surface area contributed by atoms with Crippen molar-refractivity contribution in [1.82, 2.24) is 4.98 Å². The lowest BCUT2D eigenvalue weighted by molar-refractivity contribution is 0.102. The van der Waals surface area contributed by atoms with Gasteiger partial charge in [-0.25, -0.2) is 4.39 Å². The second-order valence-electron chi connectivity index (χ2n) is 3.65. The zero-order valence-corrected chi connectivity index (χ0v) is 11.2. The first-order valence-electron chi connectivity index (χ1n) is 5.29. The number of nitrogen functional groups attached to an aromatic ring is 1. The van der Waals surface area contributed by atoms with E-state index in [0.29, 0.717) is 16.9 Å². The molecule has 2 rings (SSSR count). The summed E-state index contributed by atoms with van der Waals surface area (Å²) in [5.74, 6) is 4.52. The highest BCUT2D eigenvalue weighted by molar-refractivity contribution is 9.10. The SMILES string of the molecule is NNc1ccncc1C(=O)Nc1ccc(F)c(Br)c1. The van der Waals surface area contributed by atoms with E-state index in [1.165, 1.54) is 30.6 Å². The lowest BCUT2D eigenvalue weighted by Crippen LogP contribution is -2.17. The van der Waals surface area contributed by atoms with Crippen LogP contribution in [0.3, 0.4) is 0 Å². The van der Waals surface area contributed by atoms with Gasteiger partial charge in [-0.3, -0.25) is 15.6 Å². The number of anilines is 2. The largest absolute Gasteiger partial charge is 0.323 e. The summed E-state index contributed by atoms with van der Waals surface area (Å²) in [5.41, 5.74) is 3.62. The lowest BCUT2D eigenvalue weighted by Gasteiger charge is -2.09. The van der Waals surface area contributed by atoms with E-state index in [-0.39, 0.29) is 10.4 Å². The van der Waals surface area contributed by atoms with Crippen LogP contribution in [0.4, 0.5) is 15.8 Å². The molecule has 98 valence electrons. The first kappa shape index (κ1) is 13.4. The Morgan fingerprint density at radius 1 is 1.37 bits per heavy atom. The standard InChI is InChI=1S/C12H10BrFN4O/c13-9-5-7(1-2-10(9)14)17-12(19)8-6-16-4-3-11(8)18-15/h1-6H,15H2,(H,16,18)(H,17,19). The van der Waals surface area contributed by atoms with Gasteiger partial charge < -0.3 is 10.7 Å². The molecule has 5 nitrogen and oxygen atoms in total. The van der Waals surface area contributed by atoms with E-state index in [4.69, 9.17) is 5.84 Å². The maximum Gasteiger partial charge on any atom is 0.259 e. The van der Waals surface area contributed by atoms with Crippen molar-refractivity contribution in [1.29, 1.82) is 0 Å². The number of hydrogen-bond donors (Lipinski definition) is 3. The molecule has 0 fully saturated rings. The number of hydrazine groups is 1. The molecule has 0 saturated carbocycles. The molecule has 0 bridgehead atoms. The highest BCUT2D eigenvalue weighted by Gasteiger charge is 2.11. The summed E-state index contributed by atoms with van der Waals surface area (Å²) in [7, 11) is 0. The van der Waals surface area contributed by atoms with Gasteiger partial charge in [0.2, 0.25) is 0 Å². The third-order valence-electron chi connectivity index (χ3n) is 2.40. The number of nitrogens with two attached hydrogens (primary N) is 1. The zero-order chi connectivity index (χ0) is 13.8. The van der Waals surface area contributed by atoms with Crippen molar-refractivity contribution in [2.45, 2.75) is 0 Å². The fraction of sp³-hybridized carbons (Fsp3) is 0. The highest BCUT2D eigenvalue weighted by atomic mass is 79.9. The van der Waals surface area contributed by atoms with Crippen molar-refractivity contribution in [2.75, 3.05) is 10.7 Å². The molecule has 0 aliphatic rings. The molecule has 0 spiro atoms. The quantitative estimate of drug-likeness (QED) is 0.598. The van der Waals surface area contributed by atoms with E-state index < -0.39 is 5.82 Å². The molecule has 7 heteroatoms. The molecular formula is C12H10BrFN4O. The van der Waals surface area contributed by atoms with Gasteiger partial charge in [0, 0.05) is 18.1 Å². The van der Waals surface area contributed by atoms with Crippen molar-refractivity contribution in [3.63, 3.8) is 0 Å². The summed E-state index contributed by atoms with van der Waals surface area (Å²) in [6.45, 7) is 0. The Hall–Kier alpha value is -1.99. The van der Waals surface area contributed by atoms with Gasteiger partial charge >= 0.3 is 0 Å². The number of amides is 1. The van der Waals surface area contributed by atoms with Gasteiger partial charge in [0.1, 0.15) is 5.82 Å². The van der Waals surface area contributed by atoms with E-state index in [1.807, 2.05) is 0 Å². The number of halogens is 2. The van der Waals surface area contributed by atoms with Crippen molar-refractivity contribution >= 4 is 33.2 Å². The zero-order valence-electron chi connectivity index (χ0n) is 9.65. The van der Waals surface area contributed by atoms with E-state index in [0.717, 1.165) is 0 Å². The molecule has 0 unspecified atom stereocenters. The Morgan fingerprint density at radius 2 is 2.16 bits per heavy atom. The van der Waals surface area contributed by atoms with Crippen LogP contribution in [-0.4, -0.2) is 10.9 Å². The van der Waals surface area contributed by atoms with Crippen LogP contribution >= 0.6 is 15.9 Å². The highest BCUT2D eigenvalue weighted by Crippen LogP contribution is 2.21. The van der Waals surface area contributed by atoms with Gasteiger partial charge in [0.05, 0.1) is 15.7 Å². The average molecular weight is 325 g/mol. The predicted octanol–water partition coefficient (Wildman–Crippen LogP) is 2.52.